The number of thioether (sulfide) groups is 2. The van der Waals surface area contributed by atoms with Crippen LogP contribution < -0.4 is 0 Å². The maximum absolute atomic E-state index is 13.6. The zero-order valence-electron chi connectivity index (χ0n) is 27.4. The molecule has 2 atom stereocenters. The smallest absolute Gasteiger partial charge is 0.410 e. The van der Waals surface area contributed by atoms with Gasteiger partial charge in [-0.05, 0) is 22.3 Å². The Labute approximate surface area is 300 Å². The van der Waals surface area contributed by atoms with E-state index in [1.54, 1.807) is 48.5 Å². The Morgan fingerprint density at radius 1 is 0.500 bits per heavy atom. The van der Waals surface area contributed by atoms with Crippen molar-refractivity contribution < 1.29 is 38.9 Å². The molecule has 0 aromatic heterocycles. The lowest BCUT2D eigenvalue weighted by molar-refractivity contribution is -0.143. The number of carboxylic acids is 2. The molecule has 0 aliphatic heterocycles. The van der Waals surface area contributed by atoms with Crippen LogP contribution in [0.1, 0.15) is 22.3 Å². The van der Waals surface area contributed by atoms with Gasteiger partial charge in [0.15, 0.2) is 0 Å². The molecular formula is C38H40N2O8S2. The van der Waals surface area contributed by atoms with Gasteiger partial charge in [0.1, 0.15) is 25.3 Å². The highest BCUT2D eigenvalue weighted by atomic mass is 32.2. The minimum atomic E-state index is -1.33. The van der Waals surface area contributed by atoms with Crippen LogP contribution >= 0.6 is 23.5 Å². The lowest BCUT2D eigenvalue weighted by atomic mass is 10.2. The zero-order valence-corrected chi connectivity index (χ0v) is 29.0. The van der Waals surface area contributed by atoms with Crippen molar-refractivity contribution >= 4 is 47.6 Å². The Hall–Kier alpha value is -4.94. The Kier molecular flexibility index (Phi) is 15.6. The molecule has 0 heterocycles. The van der Waals surface area contributed by atoms with Crippen LogP contribution in [0.25, 0.3) is 0 Å². The summed E-state index contributed by atoms with van der Waals surface area (Å²) in [5, 5.41) is 20.6. The molecule has 0 saturated carbocycles. The largest absolute Gasteiger partial charge is 0.480 e. The molecule has 4 rings (SSSR count). The summed E-state index contributed by atoms with van der Waals surface area (Å²) in [5.41, 5.74) is 3.39. The Morgan fingerprint density at radius 2 is 0.800 bits per heavy atom. The number of aliphatic carboxylic acids is 2. The number of hydrogen-bond acceptors (Lipinski definition) is 8. The molecule has 2 N–H and O–H groups in total. The minimum absolute atomic E-state index is 0.0262. The van der Waals surface area contributed by atoms with Crippen LogP contribution in [-0.4, -0.2) is 80.8 Å². The molecule has 0 fully saturated rings. The van der Waals surface area contributed by atoms with E-state index in [1.165, 1.54) is 23.5 Å². The fourth-order valence-electron chi connectivity index (χ4n) is 4.88. The molecule has 0 aliphatic rings. The van der Waals surface area contributed by atoms with Gasteiger partial charge in [-0.15, -0.1) is 0 Å². The van der Waals surface area contributed by atoms with Crippen molar-refractivity contribution in [3.63, 3.8) is 0 Å². The van der Waals surface area contributed by atoms with Gasteiger partial charge in [0.05, 0.1) is 0 Å². The van der Waals surface area contributed by atoms with Crippen LogP contribution in [0.2, 0.25) is 0 Å². The predicted octanol–water partition coefficient (Wildman–Crippen LogP) is 7.04. The van der Waals surface area contributed by atoms with Gasteiger partial charge in [0, 0.05) is 36.1 Å². The van der Waals surface area contributed by atoms with E-state index in [2.05, 4.69) is 0 Å². The number of rotatable bonds is 19. The summed E-state index contributed by atoms with van der Waals surface area (Å²) < 4.78 is 11.1. The number of amides is 2. The molecule has 12 heteroatoms. The summed E-state index contributed by atoms with van der Waals surface area (Å²) in [6.07, 6.45) is -1.80. The van der Waals surface area contributed by atoms with E-state index in [1.807, 2.05) is 72.8 Å². The first-order chi connectivity index (χ1) is 24.3. The SMILES string of the molecule is O=C(O)[C@H](CSCc1ccccc1)N(CCN(C(=O)OCc1ccccc1)[C@@H](CSCc1ccccc1)C(=O)O)C(=O)OCc1ccccc1. The molecule has 0 spiro atoms. The lowest BCUT2D eigenvalue weighted by Crippen LogP contribution is -2.53. The maximum atomic E-state index is 13.6. The molecule has 10 nitrogen and oxygen atoms in total. The first kappa shape index (κ1) is 37.9. The molecule has 0 radical (unpaired) electrons. The van der Waals surface area contributed by atoms with E-state index in [0.717, 1.165) is 20.9 Å². The van der Waals surface area contributed by atoms with Gasteiger partial charge in [0.25, 0.3) is 0 Å². The lowest BCUT2D eigenvalue weighted by Gasteiger charge is -2.33. The minimum Gasteiger partial charge on any atom is -0.480 e. The van der Waals surface area contributed by atoms with Crippen LogP contribution in [0.4, 0.5) is 9.59 Å². The Morgan fingerprint density at radius 3 is 1.10 bits per heavy atom. The van der Waals surface area contributed by atoms with E-state index < -0.39 is 36.2 Å². The fraction of sp³-hybridized carbons (Fsp3) is 0.263. The standard InChI is InChI=1S/C38H40N2O8S2/c41-35(42)33(27-49-25-31-17-9-3-10-18-31)39(37(45)47-23-29-13-5-1-6-14-29)21-22-40(38(46)48-24-30-15-7-2-8-16-30)34(36(43)44)28-50-26-32-19-11-4-12-20-32/h1-20,33-34H,21-28H2,(H,41,42)(H,43,44)/t33-,34-/m0/s1. The topological polar surface area (TPSA) is 134 Å². The summed E-state index contributed by atoms with van der Waals surface area (Å²) in [6, 6.07) is 34.3. The maximum Gasteiger partial charge on any atom is 0.410 e. The average molecular weight is 717 g/mol. The molecule has 0 bridgehead atoms. The molecule has 4 aromatic rings. The molecule has 0 aliphatic carbocycles. The van der Waals surface area contributed by atoms with Crippen molar-refractivity contribution in [3.05, 3.63) is 144 Å². The van der Waals surface area contributed by atoms with Crippen LogP contribution in [0, 0.1) is 0 Å². The zero-order chi connectivity index (χ0) is 35.6. The van der Waals surface area contributed by atoms with Crippen molar-refractivity contribution in [1.29, 1.82) is 0 Å². The third-order valence-corrected chi connectivity index (χ3v) is 9.74. The van der Waals surface area contributed by atoms with Crippen molar-refractivity contribution in [2.45, 2.75) is 36.8 Å². The normalized spacial score (nSPS) is 11.9. The third-order valence-electron chi connectivity index (χ3n) is 7.56. The fourth-order valence-corrected chi connectivity index (χ4v) is 7.07. The number of carbonyl (C=O) groups is 4. The van der Waals surface area contributed by atoms with Crippen LogP contribution in [0.15, 0.2) is 121 Å². The molecule has 0 saturated heterocycles. The van der Waals surface area contributed by atoms with Gasteiger partial charge in [-0.25, -0.2) is 19.2 Å². The van der Waals surface area contributed by atoms with Gasteiger partial charge in [-0.3, -0.25) is 9.80 Å². The van der Waals surface area contributed by atoms with E-state index >= 15 is 0 Å². The highest BCUT2D eigenvalue weighted by Crippen LogP contribution is 2.20. The number of carboxylic acid groups (broad SMARTS) is 2. The van der Waals surface area contributed by atoms with E-state index in [-0.39, 0.29) is 37.8 Å². The second-order valence-corrected chi connectivity index (χ2v) is 13.2. The summed E-state index contributed by atoms with van der Waals surface area (Å²) in [6.45, 7) is -0.832. The van der Waals surface area contributed by atoms with Crippen LogP contribution in [0.5, 0.6) is 0 Å². The number of hydrogen-bond donors (Lipinski definition) is 2. The first-order valence-corrected chi connectivity index (χ1v) is 18.3. The van der Waals surface area contributed by atoms with Crippen molar-refractivity contribution in [3.8, 4) is 0 Å². The number of benzene rings is 4. The quantitative estimate of drug-likeness (QED) is 0.104. The van der Waals surface area contributed by atoms with Gasteiger partial charge in [-0.2, -0.15) is 23.5 Å². The van der Waals surface area contributed by atoms with Gasteiger partial charge < -0.3 is 19.7 Å². The second kappa shape index (κ2) is 20.5. The molecule has 50 heavy (non-hydrogen) atoms. The molecule has 262 valence electrons. The third kappa shape index (κ3) is 12.5. The number of carbonyl (C=O) groups excluding carboxylic acids is 2. The van der Waals surface area contributed by atoms with Gasteiger partial charge in [0.2, 0.25) is 0 Å². The summed E-state index contributed by atoms with van der Waals surface area (Å²) >= 11 is 2.67. The van der Waals surface area contributed by atoms with Gasteiger partial charge in [-0.1, -0.05) is 121 Å². The van der Waals surface area contributed by atoms with Crippen LogP contribution in [0.3, 0.4) is 0 Å². The van der Waals surface area contributed by atoms with Crippen molar-refractivity contribution in [2.75, 3.05) is 24.6 Å². The van der Waals surface area contributed by atoms with Crippen molar-refractivity contribution in [2.24, 2.45) is 0 Å². The van der Waals surface area contributed by atoms with Crippen LogP contribution in [-0.2, 0) is 43.8 Å². The highest BCUT2D eigenvalue weighted by Gasteiger charge is 2.35. The van der Waals surface area contributed by atoms with Crippen molar-refractivity contribution in [1.82, 2.24) is 9.80 Å². The van der Waals surface area contributed by atoms with E-state index in [4.69, 9.17) is 9.47 Å². The number of nitrogens with zero attached hydrogens (tertiary/aromatic N) is 2. The van der Waals surface area contributed by atoms with Gasteiger partial charge >= 0.3 is 24.1 Å². The Balaban J connectivity index is 1.55. The summed E-state index contributed by atoms with van der Waals surface area (Å²) in [5.74, 6) is -1.44. The molecule has 2 amide bonds. The van der Waals surface area contributed by atoms with E-state index in [9.17, 15) is 29.4 Å². The summed E-state index contributed by atoms with van der Waals surface area (Å²) in [4.78, 5) is 54.6. The molecule has 4 aromatic carbocycles. The highest BCUT2D eigenvalue weighted by molar-refractivity contribution is 7.98. The predicted molar refractivity (Wildman–Crippen MR) is 195 cm³/mol. The molecule has 0 unspecified atom stereocenters. The Bertz CT molecular complexity index is 1510. The monoisotopic (exact) mass is 716 g/mol. The summed E-state index contributed by atoms with van der Waals surface area (Å²) in [7, 11) is 0. The van der Waals surface area contributed by atoms with E-state index in [0.29, 0.717) is 22.6 Å². The second-order valence-electron chi connectivity index (χ2n) is 11.2. The molecular weight excluding hydrogens is 677 g/mol. The first-order valence-electron chi connectivity index (χ1n) is 16.0. The average Bonchev–Trinajstić information content (AvgIpc) is 3.14. The number of ether oxygens (including phenoxy) is 2.